The molecule has 0 unspecified atom stereocenters. The fraction of sp³-hybridized carbons (Fsp3) is 0.391. The molecule has 0 heterocycles. The zero-order chi connectivity index (χ0) is 21.6. The molecule has 0 aliphatic heterocycles. The van der Waals surface area contributed by atoms with Gasteiger partial charge in [-0.05, 0) is 57.4 Å². The van der Waals surface area contributed by atoms with Crippen molar-refractivity contribution in [3.05, 3.63) is 69.2 Å². The molecule has 6 heteroatoms. The fourth-order valence-corrected chi connectivity index (χ4v) is 3.29. The lowest BCUT2D eigenvalue weighted by Gasteiger charge is -2.29. The van der Waals surface area contributed by atoms with E-state index < -0.39 is 6.04 Å². The van der Waals surface area contributed by atoms with Gasteiger partial charge in [0, 0.05) is 19.0 Å². The van der Waals surface area contributed by atoms with E-state index in [-0.39, 0.29) is 24.4 Å². The molecule has 29 heavy (non-hydrogen) atoms. The average Bonchev–Trinajstić information content (AvgIpc) is 2.67. The van der Waals surface area contributed by atoms with Crippen LogP contribution in [0, 0.1) is 6.92 Å². The van der Waals surface area contributed by atoms with Crippen LogP contribution in [0.2, 0.25) is 10.0 Å². The summed E-state index contributed by atoms with van der Waals surface area (Å²) in [5, 5.41) is 3.77. The lowest BCUT2D eigenvalue weighted by atomic mass is 10.1. The second-order valence-corrected chi connectivity index (χ2v) is 8.41. The third-order valence-corrected chi connectivity index (χ3v) is 5.42. The molecular formula is C23H28Cl2N2O2. The zero-order valence-corrected chi connectivity index (χ0v) is 18.8. The SMILES string of the molecule is Cc1ccc(CCC(=O)N(Cc2ccc(Cl)c(Cl)c2)[C@@H](C)C(=O)NC(C)C)cc1. The van der Waals surface area contributed by atoms with Crippen molar-refractivity contribution >= 4 is 35.0 Å². The lowest BCUT2D eigenvalue weighted by Crippen LogP contribution is -2.49. The summed E-state index contributed by atoms with van der Waals surface area (Å²) in [6, 6.07) is 12.8. The Balaban J connectivity index is 2.17. The first-order valence-corrected chi connectivity index (χ1v) is 10.5. The van der Waals surface area contributed by atoms with Gasteiger partial charge in [-0.1, -0.05) is 59.1 Å². The van der Waals surface area contributed by atoms with Gasteiger partial charge in [0.1, 0.15) is 6.04 Å². The van der Waals surface area contributed by atoms with E-state index in [0.29, 0.717) is 22.9 Å². The van der Waals surface area contributed by atoms with Crippen LogP contribution in [-0.4, -0.2) is 28.8 Å². The highest BCUT2D eigenvalue weighted by atomic mass is 35.5. The number of halogens is 2. The summed E-state index contributed by atoms with van der Waals surface area (Å²) >= 11 is 12.1. The monoisotopic (exact) mass is 434 g/mol. The lowest BCUT2D eigenvalue weighted by molar-refractivity contribution is -0.140. The topological polar surface area (TPSA) is 49.4 Å². The molecule has 2 aromatic rings. The number of nitrogens with zero attached hydrogens (tertiary/aromatic N) is 1. The molecule has 0 fully saturated rings. The number of carbonyl (C=O) groups is 2. The van der Waals surface area contributed by atoms with Crippen LogP contribution in [0.3, 0.4) is 0 Å². The Morgan fingerprint density at radius 2 is 1.59 bits per heavy atom. The molecule has 0 saturated carbocycles. The first-order chi connectivity index (χ1) is 13.7. The van der Waals surface area contributed by atoms with E-state index in [4.69, 9.17) is 23.2 Å². The molecule has 2 rings (SSSR count). The molecule has 156 valence electrons. The largest absolute Gasteiger partial charge is 0.352 e. The third kappa shape index (κ3) is 7.06. The molecule has 0 aliphatic rings. The van der Waals surface area contributed by atoms with Gasteiger partial charge in [0.25, 0.3) is 0 Å². The predicted molar refractivity (Wildman–Crippen MR) is 119 cm³/mol. The highest BCUT2D eigenvalue weighted by Crippen LogP contribution is 2.24. The van der Waals surface area contributed by atoms with Crippen LogP contribution in [0.4, 0.5) is 0 Å². The van der Waals surface area contributed by atoms with Crippen molar-refractivity contribution in [2.75, 3.05) is 0 Å². The molecule has 1 atom stereocenters. The minimum atomic E-state index is -0.600. The van der Waals surface area contributed by atoms with Crippen molar-refractivity contribution in [2.24, 2.45) is 0 Å². The molecule has 0 spiro atoms. The van der Waals surface area contributed by atoms with Gasteiger partial charge >= 0.3 is 0 Å². The molecule has 2 aromatic carbocycles. The summed E-state index contributed by atoms with van der Waals surface area (Å²) in [7, 11) is 0. The number of hydrogen-bond donors (Lipinski definition) is 1. The molecule has 1 N–H and O–H groups in total. The maximum absolute atomic E-state index is 13.1. The van der Waals surface area contributed by atoms with Crippen molar-refractivity contribution in [1.29, 1.82) is 0 Å². The van der Waals surface area contributed by atoms with Gasteiger partial charge in [0.15, 0.2) is 0 Å². The number of carbonyl (C=O) groups excluding carboxylic acids is 2. The van der Waals surface area contributed by atoms with Crippen LogP contribution >= 0.6 is 23.2 Å². The molecule has 4 nitrogen and oxygen atoms in total. The van der Waals surface area contributed by atoms with Gasteiger partial charge in [-0.25, -0.2) is 0 Å². The van der Waals surface area contributed by atoms with E-state index in [9.17, 15) is 9.59 Å². The van der Waals surface area contributed by atoms with Crippen LogP contribution in [0.5, 0.6) is 0 Å². The standard InChI is InChI=1S/C23H28Cl2N2O2/c1-15(2)26-23(29)17(4)27(14-19-9-11-20(24)21(25)13-19)22(28)12-10-18-7-5-16(3)6-8-18/h5-9,11,13,15,17H,10,12,14H2,1-4H3,(H,26,29)/t17-/m0/s1. The summed E-state index contributed by atoms with van der Waals surface area (Å²) in [5.74, 6) is -0.258. The number of nitrogens with one attached hydrogen (secondary N) is 1. The number of aryl methyl sites for hydroxylation is 2. The highest BCUT2D eigenvalue weighted by Gasteiger charge is 2.26. The second kappa shape index (κ2) is 10.7. The van der Waals surface area contributed by atoms with E-state index in [1.54, 1.807) is 24.0 Å². The number of rotatable bonds is 8. The van der Waals surface area contributed by atoms with Gasteiger partial charge in [-0.3, -0.25) is 9.59 Å². The Morgan fingerprint density at radius 3 is 2.17 bits per heavy atom. The Labute approximate surface area is 183 Å². The molecule has 0 radical (unpaired) electrons. The Hall–Kier alpha value is -2.04. The van der Waals surface area contributed by atoms with Gasteiger partial charge < -0.3 is 10.2 Å². The van der Waals surface area contributed by atoms with Crippen LogP contribution in [-0.2, 0) is 22.6 Å². The van der Waals surface area contributed by atoms with E-state index in [1.807, 2.05) is 51.1 Å². The van der Waals surface area contributed by atoms with Crippen LogP contribution in [0.25, 0.3) is 0 Å². The van der Waals surface area contributed by atoms with Crippen molar-refractivity contribution < 1.29 is 9.59 Å². The Kier molecular flexibility index (Phi) is 8.54. The van der Waals surface area contributed by atoms with Crippen LogP contribution in [0.15, 0.2) is 42.5 Å². The first kappa shape index (κ1) is 23.2. The average molecular weight is 435 g/mol. The number of amides is 2. The van der Waals surface area contributed by atoms with Gasteiger partial charge in [-0.2, -0.15) is 0 Å². The molecular weight excluding hydrogens is 407 g/mol. The number of benzene rings is 2. The maximum Gasteiger partial charge on any atom is 0.242 e. The molecule has 2 amide bonds. The van der Waals surface area contributed by atoms with Crippen molar-refractivity contribution in [2.45, 2.75) is 59.2 Å². The van der Waals surface area contributed by atoms with Gasteiger partial charge in [0.05, 0.1) is 10.0 Å². The molecule has 0 aliphatic carbocycles. The maximum atomic E-state index is 13.1. The summed E-state index contributed by atoms with van der Waals surface area (Å²) in [6.45, 7) is 7.86. The van der Waals surface area contributed by atoms with Gasteiger partial charge in [-0.15, -0.1) is 0 Å². The van der Waals surface area contributed by atoms with E-state index in [1.165, 1.54) is 5.56 Å². The molecule has 0 saturated heterocycles. The minimum absolute atomic E-state index is 0.000521. The molecule has 0 aromatic heterocycles. The summed E-state index contributed by atoms with van der Waals surface area (Å²) in [5.41, 5.74) is 3.10. The summed E-state index contributed by atoms with van der Waals surface area (Å²) in [4.78, 5) is 27.2. The van der Waals surface area contributed by atoms with Crippen molar-refractivity contribution in [3.63, 3.8) is 0 Å². The second-order valence-electron chi connectivity index (χ2n) is 7.59. The highest BCUT2D eigenvalue weighted by molar-refractivity contribution is 6.42. The summed E-state index contributed by atoms with van der Waals surface area (Å²) in [6.07, 6.45) is 0.944. The van der Waals surface area contributed by atoms with E-state index in [0.717, 1.165) is 11.1 Å². The van der Waals surface area contributed by atoms with Crippen molar-refractivity contribution in [3.8, 4) is 0 Å². The predicted octanol–water partition coefficient (Wildman–Crippen LogP) is 5.18. The zero-order valence-electron chi connectivity index (χ0n) is 17.3. The van der Waals surface area contributed by atoms with Crippen molar-refractivity contribution in [1.82, 2.24) is 10.2 Å². The van der Waals surface area contributed by atoms with Crippen LogP contribution in [0.1, 0.15) is 43.9 Å². The Bertz CT molecular complexity index is 850. The Morgan fingerprint density at radius 1 is 0.966 bits per heavy atom. The van der Waals surface area contributed by atoms with E-state index >= 15 is 0 Å². The summed E-state index contributed by atoms with van der Waals surface area (Å²) < 4.78 is 0. The van der Waals surface area contributed by atoms with Crippen LogP contribution < -0.4 is 5.32 Å². The fourth-order valence-electron chi connectivity index (χ4n) is 2.97. The van der Waals surface area contributed by atoms with Gasteiger partial charge in [0.2, 0.25) is 11.8 Å². The normalized spacial score (nSPS) is 12.0. The molecule has 0 bridgehead atoms. The minimum Gasteiger partial charge on any atom is -0.352 e. The van der Waals surface area contributed by atoms with E-state index in [2.05, 4.69) is 5.32 Å². The third-order valence-electron chi connectivity index (χ3n) is 4.68. The smallest absolute Gasteiger partial charge is 0.242 e. The first-order valence-electron chi connectivity index (χ1n) is 9.76. The quantitative estimate of drug-likeness (QED) is 0.622. The number of hydrogen-bond acceptors (Lipinski definition) is 2.